The molecule has 0 amide bonds. The van der Waals surface area contributed by atoms with E-state index >= 15 is 0 Å². The highest BCUT2D eigenvalue weighted by molar-refractivity contribution is 5.77. The summed E-state index contributed by atoms with van der Waals surface area (Å²) in [5, 5.41) is 0. The van der Waals surface area contributed by atoms with Crippen molar-refractivity contribution in [3.05, 3.63) is 35.9 Å². The molecule has 0 fully saturated rings. The van der Waals surface area contributed by atoms with Gasteiger partial charge < -0.3 is 19.9 Å². The predicted molar refractivity (Wildman–Crippen MR) is 67.0 cm³/mol. The third-order valence-electron chi connectivity index (χ3n) is 2.32. The molecule has 5 heteroatoms. The first-order valence-electron chi connectivity index (χ1n) is 5.79. The topological polar surface area (TPSA) is 70.8 Å². The summed E-state index contributed by atoms with van der Waals surface area (Å²) < 4.78 is 15.0. The lowest BCUT2D eigenvalue weighted by atomic mass is 10.1. The average molecular weight is 253 g/mol. The van der Waals surface area contributed by atoms with Crippen molar-refractivity contribution in [2.24, 2.45) is 5.73 Å². The lowest BCUT2D eigenvalue weighted by Crippen LogP contribution is -2.25. The molecule has 0 aliphatic heterocycles. The number of carbonyl (C=O) groups is 1. The zero-order valence-electron chi connectivity index (χ0n) is 10.5. The molecule has 0 aromatic heterocycles. The molecule has 1 atom stereocenters. The fourth-order valence-electron chi connectivity index (χ4n) is 1.33. The van der Waals surface area contributed by atoms with E-state index in [1.54, 1.807) is 19.2 Å². The van der Waals surface area contributed by atoms with E-state index in [4.69, 9.17) is 19.9 Å². The van der Waals surface area contributed by atoms with Crippen LogP contribution in [0.15, 0.2) is 30.3 Å². The van der Waals surface area contributed by atoms with E-state index in [1.807, 2.05) is 18.2 Å². The molecule has 0 radical (unpaired) electrons. The zero-order valence-corrected chi connectivity index (χ0v) is 10.5. The van der Waals surface area contributed by atoms with Crippen LogP contribution in [0.2, 0.25) is 0 Å². The van der Waals surface area contributed by atoms with Crippen molar-refractivity contribution < 1.29 is 19.0 Å². The van der Waals surface area contributed by atoms with Crippen molar-refractivity contribution in [3.8, 4) is 0 Å². The quantitative estimate of drug-likeness (QED) is 0.550. The minimum atomic E-state index is -0.745. The van der Waals surface area contributed by atoms with Crippen LogP contribution in [0.3, 0.4) is 0 Å². The molecule has 100 valence electrons. The Morgan fingerprint density at radius 3 is 2.50 bits per heavy atom. The maximum Gasteiger partial charge on any atom is 0.327 e. The molecule has 1 aromatic carbocycles. The molecule has 0 aliphatic carbocycles. The minimum Gasteiger partial charge on any atom is -0.462 e. The van der Waals surface area contributed by atoms with Crippen LogP contribution in [0.1, 0.15) is 11.6 Å². The van der Waals surface area contributed by atoms with Gasteiger partial charge in [0.25, 0.3) is 0 Å². The molecule has 0 heterocycles. The smallest absolute Gasteiger partial charge is 0.327 e. The van der Waals surface area contributed by atoms with Gasteiger partial charge in [0.05, 0.1) is 19.8 Å². The maximum absolute atomic E-state index is 11.6. The molecule has 18 heavy (non-hydrogen) atoms. The summed E-state index contributed by atoms with van der Waals surface area (Å²) in [4.78, 5) is 11.6. The van der Waals surface area contributed by atoms with Crippen LogP contribution in [0.4, 0.5) is 0 Å². The largest absolute Gasteiger partial charge is 0.462 e. The van der Waals surface area contributed by atoms with Crippen LogP contribution in [-0.4, -0.2) is 39.5 Å². The summed E-state index contributed by atoms with van der Waals surface area (Å²) in [5.74, 6) is -0.448. The summed E-state index contributed by atoms with van der Waals surface area (Å²) in [6, 6.07) is 8.37. The standard InChI is InChI=1S/C13H19NO4/c1-16-7-8-17-9-10-18-13(15)12(14)11-5-3-2-4-6-11/h2-6,12H,7-10,14H2,1H3. The van der Waals surface area contributed by atoms with Gasteiger partial charge in [-0.2, -0.15) is 0 Å². The first-order chi connectivity index (χ1) is 8.75. The van der Waals surface area contributed by atoms with Gasteiger partial charge in [0.15, 0.2) is 0 Å². The Bertz CT molecular complexity index is 342. The van der Waals surface area contributed by atoms with Crippen LogP contribution >= 0.6 is 0 Å². The van der Waals surface area contributed by atoms with E-state index in [1.165, 1.54) is 0 Å². The SMILES string of the molecule is COCCOCCOC(=O)C(N)c1ccccc1. The second kappa shape index (κ2) is 8.63. The molecule has 0 saturated heterocycles. The molecular formula is C13H19NO4. The van der Waals surface area contributed by atoms with Crippen LogP contribution < -0.4 is 5.73 Å². The van der Waals surface area contributed by atoms with Gasteiger partial charge >= 0.3 is 5.97 Å². The molecule has 0 spiro atoms. The van der Waals surface area contributed by atoms with Gasteiger partial charge in [-0.3, -0.25) is 0 Å². The Balaban J connectivity index is 2.20. The molecular weight excluding hydrogens is 234 g/mol. The number of hydrogen-bond acceptors (Lipinski definition) is 5. The van der Waals surface area contributed by atoms with Gasteiger partial charge in [0.1, 0.15) is 12.6 Å². The Morgan fingerprint density at radius 1 is 1.17 bits per heavy atom. The first-order valence-corrected chi connectivity index (χ1v) is 5.79. The normalized spacial score (nSPS) is 12.1. The third kappa shape index (κ3) is 5.27. The fourth-order valence-corrected chi connectivity index (χ4v) is 1.33. The van der Waals surface area contributed by atoms with Crippen LogP contribution in [-0.2, 0) is 19.0 Å². The lowest BCUT2D eigenvalue weighted by Gasteiger charge is -2.11. The molecule has 0 saturated carbocycles. The Morgan fingerprint density at radius 2 is 1.83 bits per heavy atom. The highest BCUT2D eigenvalue weighted by Gasteiger charge is 2.16. The molecule has 5 nitrogen and oxygen atoms in total. The van der Waals surface area contributed by atoms with Crippen molar-refractivity contribution in [2.45, 2.75) is 6.04 Å². The monoisotopic (exact) mass is 253 g/mol. The number of carbonyl (C=O) groups excluding carboxylic acids is 1. The minimum absolute atomic E-state index is 0.198. The second-order valence-corrected chi connectivity index (χ2v) is 3.66. The highest BCUT2D eigenvalue weighted by Crippen LogP contribution is 2.10. The first kappa shape index (κ1) is 14.6. The van der Waals surface area contributed by atoms with E-state index in [2.05, 4.69) is 0 Å². The number of ether oxygens (including phenoxy) is 3. The van der Waals surface area contributed by atoms with Crippen molar-refractivity contribution in [1.82, 2.24) is 0 Å². The predicted octanol–water partition coefficient (Wildman–Crippen LogP) is 0.893. The van der Waals surface area contributed by atoms with Crippen LogP contribution in [0.5, 0.6) is 0 Å². The van der Waals surface area contributed by atoms with Crippen molar-refractivity contribution >= 4 is 5.97 Å². The molecule has 1 rings (SSSR count). The Labute approximate surface area is 107 Å². The van der Waals surface area contributed by atoms with Crippen LogP contribution in [0, 0.1) is 0 Å². The highest BCUT2D eigenvalue weighted by atomic mass is 16.6. The van der Waals surface area contributed by atoms with Crippen LogP contribution in [0.25, 0.3) is 0 Å². The van der Waals surface area contributed by atoms with Crippen molar-refractivity contribution in [3.63, 3.8) is 0 Å². The fraction of sp³-hybridized carbons (Fsp3) is 0.462. The second-order valence-electron chi connectivity index (χ2n) is 3.66. The Kier molecular flexibility index (Phi) is 7.01. The molecule has 2 N–H and O–H groups in total. The molecule has 1 unspecified atom stereocenters. The number of nitrogens with two attached hydrogens (primary N) is 1. The number of benzene rings is 1. The summed E-state index contributed by atoms with van der Waals surface area (Å²) in [6.07, 6.45) is 0. The van der Waals surface area contributed by atoms with Gasteiger partial charge in [-0.05, 0) is 5.56 Å². The number of rotatable bonds is 8. The van der Waals surface area contributed by atoms with E-state index in [9.17, 15) is 4.79 Å². The lowest BCUT2D eigenvalue weighted by molar-refractivity contribution is -0.147. The van der Waals surface area contributed by atoms with E-state index in [-0.39, 0.29) is 6.61 Å². The maximum atomic E-state index is 11.6. The number of methoxy groups -OCH3 is 1. The molecule has 0 bridgehead atoms. The van der Waals surface area contributed by atoms with Crippen molar-refractivity contribution in [2.75, 3.05) is 33.5 Å². The van der Waals surface area contributed by atoms with Gasteiger partial charge in [0, 0.05) is 7.11 Å². The third-order valence-corrected chi connectivity index (χ3v) is 2.32. The van der Waals surface area contributed by atoms with Gasteiger partial charge in [-0.25, -0.2) is 4.79 Å². The zero-order chi connectivity index (χ0) is 13.2. The van der Waals surface area contributed by atoms with E-state index < -0.39 is 12.0 Å². The van der Waals surface area contributed by atoms with Gasteiger partial charge in [0.2, 0.25) is 0 Å². The van der Waals surface area contributed by atoms with E-state index in [0.29, 0.717) is 19.8 Å². The molecule has 0 aliphatic rings. The summed E-state index contributed by atoms with van der Waals surface area (Å²) in [7, 11) is 1.60. The summed E-state index contributed by atoms with van der Waals surface area (Å²) >= 11 is 0. The van der Waals surface area contributed by atoms with Gasteiger partial charge in [-0.1, -0.05) is 30.3 Å². The van der Waals surface area contributed by atoms with Gasteiger partial charge in [-0.15, -0.1) is 0 Å². The number of hydrogen-bond donors (Lipinski definition) is 1. The summed E-state index contributed by atoms with van der Waals surface area (Å²) in [6.45, 7) is 1.55. The Hall–Kier alpha value is -1.43. The van der Waals surface area contributed by atoms with E-state index in [0.717, 1.165) is 5.56 Å². The average Bonchev–Trinajstić information content (AvgIpc) is 2.42. The van der Waals surface area contributed by atoms with Crippen molar-refractivity contribution in [1.29, 1.82) is 0 Å². The number of esters is 1. The molecule has 1 aromatic rings. The summed E-state index contributed by atoms with van der Waals surface area (Å²) in [5.41, 5.74) is 6.50.